The van der Waals surface area contributed by atoms with Crippen LogP contribution in [0.3, 0.4) is 0 Å². The topological polar surface area (TPSA) is 60.4 Å². The van der Waals surface area contributed by atoms with Gasteiger partial charge >= 0.3 is 5.97 Å². The van der Waals surface area contributed by atoms with E-state index in [9.17, 15) is 13.2 Å². The first-order valence-electron chi connectivity index (χ1n) is 7.06. The Morgan fingerprint density at radius 2 is 1.65 bits per heavy atom. The van der Waals surface area contributed by atoms with Gasteiger partial charge in [-0.3, -0.25) is 4.79 Å². The fourth-order valence-corrected chi connectivity index (χ4v) is 3.59. The SMILES string of the molecule is CC(=O)OCc1ccc(C(Cc2ccccc2)S(=O)(=O)Cl)cc1. The Hall–Kier alpha value is -1.85. The molecule has 0 bridgehead atoms. The maximum absolute atomic E-state index is 11.9. The summed E-state index contributed by atoms with van der Waals surface area (Å²) in [6, 6.07) is 16.2. The van der Waals surface area contributed by atoms with E-state index in [0.717, 1.165) is 11.1 Å². The Morgan fingerprint density at radius 1 is 1.04 bits per heavy atom. The van der Waals surface area contributed by atoms with Gasteiger partial charge in [0.25, 0.3) is 0 Å². The molecule has 0 spiro atoms. The van der Waals surface area contributed by atoms with Gasteiger partial charge in [0.2, 0.25) is 9.05 Å². The summed E-state index contributed by atoms with van der Waals surface area (Å²) in [5.74, 6) is -0.362. The van der Waals surface area contributed by atoms with Gasteiger partial charge in [0.1, 0.15) is 11.9 Å². The van der Waals surface area contributed by atoms with Crippen molar-refractivity contribution >= 4 is 25.7 Å². The summed E-state index contributed by atoms with van der Waals surface area (Å²) in [6.07, 6.45) is 0.302. The lowest BCUT2D eigenvalue weighted by molar-refractivity contribution is -0.142. The van der Waals surface area contributed by atoms with Gasteiger partial charge in [-0.05, 0) is 23.1 Å². The predicted octanol–water partition coefficient (Wildman–Crippen LogP) is 3.60. The highest BCUT2D eigenvalue weighted by Gasteiger charge is 2.25. The summed E-state index contributed by atoms with van der Waals surface area (Å²) < 4.78 is 28.8. The average molecular weight is 353 g/mol. The van der Waals surface area contributed by atoms with Crippen LogP contribution < -0.4 is 0 Å². The normalized spacial score (nSPS) is 12.6. The van der Waals surface area contributed by atoms with Crippen molar-refractivity contribution in [2.75, 3.05) is 0 Å². The monoisotopic (exact) mass is 352 g/mol. The number of rotatable bonds is 6. The molecular formula is C17H17ClO4S. The standard InChI is InChI=1S/C17H17ClO4S/c1-13(19)22-12-15-7-9-16(10-8-15)17(23(18,20)21)11-14-5-3-2-4-6-14/h2-10,17H,11-12H2,1H3. The lowest BCUT2D eigenvalue weighted by atomic mass is 10.0. The minimum atomic E-state index is -3.77. The van der Waals surface area contributed by atoms with Gasteiger partial charge in [-0.1, -0.05) is 54.6 Å². The Balaban J connectivity index is 2.21. The molecule has 23 heavy (non-hydrogen) atoms. The third-order valence-corrected chi connectivity index (χ3v) is 5.16. The first-order valence-corrected chi connectivity index (χ1v) is 9.43. The zero-order valence-electron chi connectivity index (χ0n) is 12.6. The molecule has 0 aromatic heterocycles. The lowest BCUT2D eigenvalue weighted by Gasteiger charge is -2.15. The molecule has 2 aromatic carbocycles. The van der Waals surface area contributed by atoms with Gasteiger partial charge in [-0.25, -0.2) is 8.42 Å². The summed E-state index contributed by atoms with van der Waals surface area (Å²) in [4.78, 5) is 10.8. The first-order chi connectivity index (χ1) is 10.9. The lowest BCUT2D eigenvalue weighted by Crippen LogP contribution is -2.11. The van der Waals surface area contributed by atoms with Gasteiger partial charge in [0.05, 0.1) is 0 Å². The van der Waals surface area contributed by atoms with E-state index in [1.54, 1.807) is 24.3 Å². The predicted molar refractivity (Wildman–Crippen MR) is 89.6 cm³/mol. The van der Waals surface area contributed by atoms with Crippen molar-refractivity contribution in [1.82, 2.24) is 0 Å². The van der Waals surface area contributed by atoms with E-state index in [2.05, 4.69) is 0 Å². The smallest absolute Gasteiger partial charge is 0.302 e. The fourth-order valence-electron chi connectivity index (χ4n) is 2.22. The van der Waals surface area contributed by atoms with Crippen molar-refractivity contribution in [2.45, 2.75) is 25.2 Å². The fraction of sp³-hybridized carbons (Fsp3) is 0.235. The molecule has 0 saturated carbocycles. The zero-order chi connectivity index (χ0) is 16.9. The van der Waals surface area contributed by atoms with E-state index < -0.39 is 14.3 Å². The Morgan fingerprint density at radius 3 is 2.17 bits per heavy atom. The van der Waals surface area contributed by atoms with Crippen LogP contribution in [0, 0.1) is 0 Å². The van der Waals surface area contributed by atoms with Crippen LogP contribution in [0.15, 0.2) is 54.6 Å². The molecule has 2 rings (SSSR count). The molecule has 0 radical (unpaired) electrons. The van der Waals surface area contributed by atoms with E-state index in [1.165, 1.54) is 6.92 Å². The van der Waals surface area contributed by atoms with E-state index >= 15 is 0 Å². The second kappa shape index (κ2) is 7.62. The van der Waals surface area contributed by atoms with Crippen LogP contribution in [0.25, 0.3) is 0 Å². The molecule has 0 fully saturated rings. The van der Waals surface area contributed by atoms with Crippen LogP contribution in [0.2, 0.25) is 0 Å². The summed E-state index contributed by atoms with van der Waals surface area (Å²) in [6.45, 7) is 1.50. The number of esters is 1. The maximum atomic E-state index is 11.9. The zero-order valence-corrected chi connectivity index (χ0v) is 14.2. The van der Waals surface area contributed by atoms with E-state index in [4.69, 9.17) is 15.4 Å². The second-order valence-electron chi connectivity index (χ2n) is 5.18. The Labute approximate surface area is 140 Å². The van der Waals surface area contributed by atoms with E-state index in [0.29, 0.717) is 12.0 Å². The quantitative estimate of drug-likeness (QED) is 0.588. The summed E-state index contributed by atoms with van der Waals surface area (Å²) in [7, 11) is 1.86. The van der Waals surface area contributed by atoms with Gasteiger partial charge < -0.3 is 4.74 Å². The van der Waals surface area contributed by atoms with Gasteiger partial charge in [0, 0.05) is 17.6 Å². The Kier molecular flexibility index (Phi) is 5.80. The van der Waals surface area contributed by atoms with Crippen LogP contribution in [-0.2, 0) is 31.6 Å². The number of hydrogen-bond acceptors (Lipinski definition) is 4. The molecule has 0 heterocycles. The highest BCUT2D eigenvalue weighted by molar-refractivity contribution is 8.13. The molecule has 0 N–H and O–H groups in total. The molecule has 122 valence electrons. The molecule has 1 unspecified atom stereocenters. The maximum Gasteiger partial charge on any atom is 0.302 e. The van der Waals surface area contributed by atoms with Gasteiger partial charge in [-0.2, -0.15) is 0 Å². The van der Waals surface area contributed by atoms with Crippen molar-refractivity contribution < 1.29 is 17.9 Å². The van der Waals surface area contributed by atoms with Crippen LogP contribution in [0.5, 0.6) is 0 Å². The van der Waals surface area contributed by atoms with Crippen LogP contribution in [0.4, 0.5) is 0 Å². The number of benzene rings is 2. The molecule has 0 aliphatic rings. The van der Waals surface area contributed by atoms with Crippen molar-refractivity contribution in [2.24, 2.45) is 0 Å². The highest BCUT2D eigenvalue weighted by atomic mass is 35.7. The van der Waals surface area contributed by atoms with E-state index in [1.807, 2.05) is 30.3 Å². The van der Waals surface area contributed by atoms with Crippen molar-refractivity contribution in [1.29, 1.82) is 0 Å². The highest BCUT2D eigenvalue weighted by Crippen LogP contribution is 2.30. The van der Waals surface area contributed by atoms with Crippen molar-refractivity contribution in [3.05, 3.63) is 71.3 Å². The van der Waals surface area contributed by atoms with Crippen molar-refractivity contribution in [3.8, 4) is 0 Å². The number of ether oxygens (including phenoxy) is 1. The minimum Gasteiger partial charge on any atom is -0.461 e. The first kappa shape index (κ1) is 17.5. The molecule has 0 saturated heterocycles. The molecule has 0 aliphatic carbocycles. The van der Waals surface area contributed by atoms with Crippen LogP contribution in [0.1, 0.15) is 28.9 Å². The molecule has 0 aliphatic heterocycles. The average Bonchev–Trinajstić information content (AvgIpc) is 2.51. The van der Waals surface area contributed by atoms with E-state index in [-0.39, 0.29) is 12.6 Å². The van der Waals surface area contributed by atoms with Gasteiger partial charge in [0.15, 0.2) is 0 Å². The van der Waals surface area contributed by atoms with Crippen molar-refractivity contribution in [3.63, 3.8) is 0 Å². The third-order valence-electron chi connectivity index (χ3n) is 3.40. The minimum absolute atomic E-state index is 0.159. The number of carbonyl (C=O) groups is 1. The number of halogens is 1. The summed E-state index contributed by atoms with van der Waals surface area (Å²) in [5, 5.41) is -0.825. The largest absolute Gasteiger partial charge is 0.461 e. The third kappa shape index (κ3) is 5.37. The van der Waals surface area contributed by atoms with Gasteiger partial charge in [-0.15, -0.1) is 0 Å². The number of hydrogen-bond donors (Lipinski definition) is 0. The molecule has 6 heteroatoms. The number of carbonyl (C=O) groups excluding carboxylic acids is 1. The Bertz CT molecular complexity index is 755. The summed E-state index contributed by atoms with van der Waals surface area (Å²) in [5.41, 5.74) is 2.29. The molecule has 2 aromatic rings. The molecule has 1 atom stereocenters. The van der Waals surface area contributed by atoms with Crippen LogP contribution >= 0.6 is 10.7 Å². The second-order valence-corrected chi connectivity index (χ2v) is 7.99. The van der Waals surface area contributed by atoms with Crippen LogP contribution in [-0.4, -0.2) is 14.4 Å². The molecule has 4 nitrogen and oxygen atoms in total. The molecule has 0 amide bonds. The molecular weight excluding hydrogens is 336 g/mol. The summed E-state index contributed by atoms with van der Waals surface area (Å²) >= 11 is 0.